The number of nitro groups is 1. The quantitative estimate of drug-likeness (QED) is 0.670. The Morgan fingerprint density at radius 1 is 1.42 bits per heavy atom. The largest absolute Gasteiger partial charge is 0.388 e. The first kappa shape index (κ1) is 13.6. The molecule has 1 aromatic rings. The van der Waals surface area contributed by atoms with E-state index in [0.717, 1.165) is 17.9 Å². The van der Waals surface area contributed by atoms with Crippen molar-refractivity contribution in [1.82, 2.24) is 0 Å². The van der Waals surface area contributed by atoms with E-state index in [1.165, 1.54) is 6.07 Å². The SMILES string of the molecule is CNc1cc(N2CCOCC2(C)C)cc([N+](=O)[O-])c1. The lowest BCUT2D eigenvalue weighted by Crippen LogP contribution is -2.53. The van der Waals surface area contributed by atoms with Crippen molar-refractivity contribution in [2.45, 2.75) is 19.4 Å². The van der Waals surface area contributed by atoms with Gasteiger partial charge in [-0.05, 0) is 19.9 Å². The second-order valence-electron chi connectivity index (χ2n) is 5.26. The molecule has 1 aliphatic rings. The van der Waals surface area contributed by atoms with Gasteiger partial charge in [0.15, 0.2) is 0 Å². The maximum atomic E-state index is 11.0. The predicted molar refractivity (Wildman–Crippen MR) is 74.9 cm³/mol. The number of hydrogen-bond donors (Lipinski definition) is 1. The number of nitro benzene ring substituents is 1. The van der Waals surface area contributed by atoms with Crippen molar-refractivity contribution in [3.8, 4) is 0 Å². The summed E-state index contributed by atoms with van der Waals surface area (Å²) in [5.74, 6) is 0. The fourth-order valence-electron chi connectivity index (χ4n) is 2.34. The average molecular weight is 265 g/mol. The van der Waals surface area contributed by atoms with E-state index in [1.807, 2.05) is 6.07 Å². The Bertz CT molecular complexity index is 488. The van der Waals surface area contributed by atoms with Gasteiger partial charge in [-0.2, -0.15) is 0 Å². The van der Waals surface area contributed by atoms with Crippen molar-refractivity contribution in [2.24, 2.45) is 0 Å². The summed E-state index contributed by atoms with van der Waals surface area (Å²) in [6.07, 6.45) is 0. The average Bonchev–Trinajstić information content (AvgIpc) is 2.37. The van der Waals surface area contributed by atoms with Crippen LogP contribution in [-0.4, -0.2) is 37.3 Å². The van der Waals surface area contributed by atoms with Crippen molar-refractivity contribution in [3.05, 3.63) is 28.3 Å². The minimum Gasteiger partial charge on any atom is -0.388 e. The highest BCUT2D eigenvalue weighted by atomic mass is 16.6. The monoisotopic (exact) mass is 265 g/mol. The second-order valence-corrected chi connectivity index (χ2v) is 5.26. The molecule has 0 bridgehead atoms. The first-order valence-corrected chi connectivity index (χ1v) is 6.27. The van der Waals surface area contributed by atoms with Crippen LogP contribution in [0.25, 0.3) is 0 Å². The summed E-state index contributed by atoms with van der Waals surface area (Å²) in [5, 5.41) is 14.0. The number of hydrogen-bond acceptors (Lipinski definition) is 5. The van der Waals surface area contributed by atoms with Crippen molar-refractivity contribution in [3.63, 3.8) is 0 Å². The number of benzene rings is 1. The molecular weight excluding hydrogens is 246 g/mol. The van der Waals surface area contributed by atoms with Crippen molar-refractivity contribution in [2.75, 3.05) is 37.0 Å². The molecule has 0 atom stereocenters. The van der Waals surface area contributed by atoms with Crippen LogP contribution in [0.15, 0.2) is 18.2 Å². The van der Waals surface area contributed by atoms with Gasteiger partial charge in [-0.1, -0.05) is 0 Å². The molecular formula is C13H19N3O3. The highest BCUT2D eigenvalue weighted by Crippen LogP contribution is 2.32. The summed E-state index contributed by atoms with van der Waals surface area (Å²) in [4.78, 5) is 12.8. The highest BCUT2D eigenvalue weighted by Gasteiger charge is 2.31. The van der Waals surface area contributed by atoms with Crippen LogP contribution in [-0.2, 0) is 4.74 Å². The van der Waals surface area contributed by atoms with Gasteiger partial charge in [0.25, 0.3) is 5.69 Å². The summed E-state index contributed by atoms with van der Waals surface area (Å²) in [7, 11) is 1.76. The molecule has 0 amide bonds. The van der Waals surface area contributed by atoms with Crippen LogP contribution in [0.3, 0.4) is 0 Å². The van der Waals surface area contributed by atoms with Crippen molar-refractivity contribution < 1.29 is 9.66 Å². The topological polar surface area (TPSA) is 67.6 Å². The molecule has 1 saturated heterocycles. The molecule has 1 fully saturated rings. The van der Waals surface area contributed by atoms with Crippen LogP contribution in [0.5, 0.6) is 0 Å². The zero-order valence-corrected chi connectivity index (χ0v) is 11.5. The fraction of sp³-hybridized carbons (Fsp3) is 0.538. The molecule has 19 heavy (non-hydrogen) atoms. The van der Waals surface area contributed by atoms with Crippen LogP contribution < -0.4 is 10.2 Å². The first-order valence-electron chi connectivity index (χ1n) is 6.27. The molecule has 2 rings (SSSR count). The minimum absolute atomic E-state index is 0.101. The van der Waals surface area contributed by atoms with Gasteiger partial charge in [0, 0.05) is 37.1 Å². The molecule has 6 nitrogen and oxygen atoms in total. The molecule has 104 valence electrons. The maximum absolute atomic E-state index is 11.0. The smallest absolute Gasteiger partial charge is 0.273 e. The van der Waals surface area contributed by atoms with Crippen LogP contribution in [0.4, 0.5) is 17.1 Å². The molecule has 1 aromatic carbocycles. The lowest BCUT2D eigenvalue weighted by molar-refractivity contribution is -0.384. The molecule has 0 saturated carbocycles. The summed E-state index contributed by atoms with van der Waals surface area (Å²) < 4.78 is 5.48. The third-order valence-electron chi connectivity index (χ3n) is 3.36. The van der Waals surface area contributed by atoms with E-state index in [4.69, 9.17) is 4.74 Å². The van der Waals surface area contributed by atoms with E-state index < -0.39 is 0 Å². The number of nitrogens with one attached hydrogen (secondary N) is 1. The summed E-state index contributed by atoms with van der Waals surface area (Å²) in [6, 6.07) is 5.09. The van der Waals surface area contributed by atoms with E-state index in [1.54, 1.807) is 13.1 Å². The van der Waals surface area contributed by atoms with Gasteiger partial charge in [-0.3, -0.25) is 10.1 Å². The van der Waals surface area contributed by atoms with Crippen LogP contribution in [0.1, 0.15) is 13.8 Å². The van der Waals surface area contributed by atoms with Gasteiger partial charge >= 0.3 is 0 Å². The van der Waals surface area contributed by atoms with E-state index in [0.29, 0.717) is 13.2 Å². The molecule has 0 radical (unpaired) electrons. The number of anilines is 2. The maximum Gasteiger partial charge on any atom is 0.273 e. The van der Waals surface area contributed by atoms with Crippen LogP contribution in [0.2, 0.25) is 0 Å². The van der Waals surface area contributed by atoms with Gasteiger partial charge < -0.3 is 15.0 Å². The summed E-state index contributed by atoms with van der Waals surface area (Å²) >= 11 is 0. The molecule has 1 heterocycles. The number of nitrogens with zero attached hydrogens (tertiary/aromatic N) is 2. The van der Waals surface area contributed by atoms with Gasteiger partial charge in [-0.15, -0.1) is 0 Å². The fourth-order valence-corrected chi connectivity index (χ4v) is 2.34. The molecule has 0 aliphatic carbocycles. The van der Waals surface area contributed by atoms with Crippen molar-refractivity contribution >= 4 is 17.1 Å². The van der Waals surface area contributed by atoms with Crippen LogP contribution in [0, 0.1) is 10.1 Å². The van der Waals surface area contributed by atoms with Crippen LogP contribution >= 0.6 is 0 Å². The summed E-state index contributed by atoms with van der Waals surface area (Å²) in [5.41, 5.74) is 1.53. The summed E-state index contributed by atoms with van der Waals surface area (Å²) in [6.45, 7) is 6.14. The highest BCUT2D eigenvalue weighted by molar-refractivity contribution is 5.65. The first-order chi connectivity index (χ1) is 8.94. The van der Waals surface area contributed by atoms with Gasteiger partial charge in [0.2, 0.25) is 0 Å². The zero-order chi connectivity index (χ0) is 14.0. The normalized spacial score (nSPS) is 18.2. The number of ether oxygens (including phenoxy) is 1. The molecule has 0 spiro atoms. The zero-order valence-electron chi connectivity index (χ0n) is 11.5. The van der Waals surface area contributed by atoms with E-state index in [2.05, 4.69) is 24.1 Å². The Labute approximate surface area is 112 Å². The Kier molecular flexibility index (Phi) is 3.61. The minimum atomic E-state index is -0.363. The molecule has 1 aliphatic heterocycles. The van der Waals surface area contributed by atoms with E-state index in [9.17, 15) is 10.1 Å². The third kappa shape index (κ3) is 2.78. The Morgan fingerprint density at radius 3 is 2.74 bits per heavy atom. The molecule has 0 aromatic heterocycles. The third-order valence-corrected chi connectivity index (χ3v) is 3.36. The Hall–Kier alpha value is -1.82. The lowest BCUT2D eigenvalue weighted by atomic mass is 10.0. The standard InChI is InChI=1S/C13H19N3O3/c1-13(2)9-19-5-4-15(13)11-6-10(14-3)7-12(8-11)16(17)18/h6-8,14H,4-5,9H2,1-3H3. The van der Waals surface area contributed by atoms with E-state index in [-0.39, 0.29) is 16.1 Å². The number of rotatable bonds is 3. The Morgan fingerprint density at radius 2 is 2.16 bits per heavy atom. The van der Waals surface area contributed by atoms with E-state index >= 15 is 0 Å². The lowest BCUT2D eigenvalue weighted by Gasteiger charge is -2.43. The van der Waals surface area contributed by atoms with Gasteiger partial charge in [0.1, 0.15) is 0 Å². The molecule has 6 heteroatoms. The second kappa shape index (κ2) is 5.05. The molecule has 1 N–H and O–H groups in total. The van der Waals surface area contributed by atoms with Crippen molar-refractivity contribution in [1.29, 1.82) is 0 Å². The number of non-ortho nitro benzene ring substituents is 1. The molecule has 0 unspecified atom stereocenters. The number of morpholine rings is 1. The predicted octanol–water partition coefficient (Wildman–Crippen LogP) is 2.25. The van der Waals surface area contributed by atoms with Gasteiger partial charge in [0.05, 0.1) is 23.7 Å². The van der Waals surface area contributed by atoms with Gasteiger partial charge in [-0.25, -0.2) is 0 Å². The Balaban J connectivity index is 2.42.